The van der Waals surface area contributed by atoms with Gasteiger partial charge in [0.1, 0.15) is 0 Å². The van der Waals surface area contributed by atoms with Gasteiger partial charge >= 0.3 is 0 Å². The largest absolute Gasteiger partial charge is 0.322 e. The molecular formula is C11H19N3. The summed E-state index contributed by atoms with van der Waals surface area (Å²) in [5.74, 6) is 1.39. The maximum absolute atomic E-state index is 6.23. The summed E-state index contributed by atoms with van der Waals surface area (Å²) in [7, 11) is 1.94. The van der Waals surface area contributed by atoms with E-state index < -0.39 is 0 Å². The van der Waals surface area contributed by atoms with Crippen molar-refractivity contribution in [1.82, 2.24) is 9.78 Å². The highest BCUT2D eigenvalue weighted by Crippen LogP contribution is 2.38. The summed E-state index contributed by atoms with van der Waals surface area (Å²) in [4.78, 5) is 0. The lowest BCUT2D eigenvalue weighted by Gasteiger charge is -2.21. The predicted molar refractivity (Wildman–Crippen MR) is 56.6 cm³/mol. The first kappa shape index (κ1) is 9.71. The Morgan fingerprint density at radius 1 is 1.57 bits per heavy atom. The van der Waals surface area contributed by atoms with E-state index in [4.69, 9.17) is 5.73 Å². The van der Waals surface area contributed by atoms with E-state index in [1.165, 1.54) is 19.3 Å². The lowest BCUT2D eigenvalue weighted by atomic mass is 9.89. The third kappa shape index (κ3) is 1.69. The van der Waals surface area contributed by atoms with Gasteiger partial charge in [-0.15, -0.1) is 0 Å². The number of hydrogen-bond donors (Lipinski definition) is 1. The average molecular weight is 193 g/mol. The standard InChI is InChI=1S/C11H19N3/c1-8-4-3-5-9(8)11(12)10-6-7-14(2)13-10/h6-9,11H,3-5,12H2,1-2H3. The van der Waals surface area contributed by atoms with Crippen LogP contribution in [0.15, 0.2) is 12.3 Å². The summed E-state index contributed by atoms with van der Waals surface area (Å²) < 4.78 is 1.83. The van der Waals surface area contributed by atoms with E-state index in [9.17, 15) is 0 Å². The quantitative estimate of drug-likeness (QED) is 0.779. The third-order valence-corrected chi connectivity index (χ3v) is 3.46. The summed E-state index contributed by atoms with van der Waals surface area (Å²) >= 11 is 0. The molecule has 0 radical (unpaired) electrons. The molecule has 1 aromatic heterocycles. The summed E-state index contributed by atoms with van der Waals surface area (Å²) in [6.45, 7) is 2.31. The minimum Gasteiger partial charge on any atom is -0.322 e. The maximum Gasteiger partial charge on any atom is 0.0794 e. The fourth-order valence-electron chi connectivity index (χ4n) is 2.54. The molecule has 1 aromatic rings. The predicted octanol–water partition coefficient (Wildman–Crippen LogP) is 1.86. The van der Waals surface area contributed by atoms with E-state index >= 15 is 0 Å². The van der Waals surface area contributed by atoms with Crippen LogP contribution in [0.5, 0.6) is 0 Å². The van der Waals surface area contributed by atoms with Gasteiger partial charge in [-0.05, 0) is 24.3 Å². The molecule has 0 aliphatic heterocycles. The molecule has 0 bridgehead atoms. The smallest absolute Gasteiger partial charge is 0.0794 e. The van der Waals surface area contributed by atoms with Crippen molar-refractivity contribution in [3.63, 3.8) is 0 Å². The highest BCUT2D eigenvalue weighted by atomic mass is 15.3. The number of rotatable bonds is 2. The summed E-state index contributed by atoms with van der Waals surface area (Å²) in [5.41, 5.74) is 7.28. The second kappa shape index (κ2) is 3.73. The minimum absolute atomic E-state index is 0.133. The van der Waals surface area contributed by atoms with Crippen LogP contribution in [0.4, 0.5) is 0 Å². The Morgan fingerprint density at radius 3 is 2.86 bits per heavy atom. The van der Waals surface area contributed by atoms with Gasteiger partial charge in [0.05, 0.1) is 11.7 Å². The molecule has 2 rings (SSSR count). The van der Waals surface area contributed by atoms with Gasteiger partial charge in [0.2, 0.25) is 0 Å². The first-order valence-electron chi connectivity index (χ1n) is 5.43. The highest BCUT2D eigenvalue weighted by molar-refractivity contribution is 5.07. The summed E-state index contributed by atoms with van der Waals surface area (Å²) in [6.07, 6.45) is 5.88. The van der Waals surface area contributed by atoms with E-state index in [0.29, 0.717) is 5.92 Å². The molecule has 0 aromatic carbocycles. The molecule has 3 heteroatoms. The van der Waals surface area contributed by atoms with Gasteiger partial charge in [0.25, 0.3) is 0 Å². The molecule has 78 valence electrons. The topological polar surface area (TPSA) is 43.8 Å². The van der Waals surface area contributed by atoms with Crippen molar-refractivity contribution < 1.29 is 0 Å². The fraction of sp³-hybridized carbons (Fsp3) is 0.727. The van der Waals surface area contributed by atoms with Crippen molar-refractivity contribution in [2.45, 2.75) is 32.2 Å². The van der Waals surface area contributed by atoms with Gasteiger partial charge in [-0.2, -0.15) is 5.10 Å². The van der Waals surface area contributed by atoms with Crippen LogP contribution >= 0.6 is 0 Å². The molecule has 3 nitrogen and oxygen atoms in total. The molecule has 2 N–H and O–H groups in total. The van der Waals surface area contributed by atoms with E-state index in [1.54, 1.807) is 0 Å². The van der Waals surface area contributed by atoms with Crippen LogP contribution in [0, 0.1) is 11.8 Å². The second-order valence-corrected chi connectivity index (χ2v) is 4.51. The number of aryl methyl sites for hydroxylation is 1. The van der Waals surface area contributed by atoms with Crippen LogP contribution in [0.1, 0.15) is 37.9 Å². The Morgan fingerprint density at radius 2 is 2.36 bits per heavy atom. The first-order valence-corrected chi connectivity index (χ1v) is 5.43. The molecule has 3 unspecified atom stereocenters. The van der Waals surface area contributed by atoms with Crippen LogP contribution < -0.4 is 5.73 Å². The Balaban J connectivity index is 2.11. The van der Waals surface area contributed by atoms with Gasteiger partial charge in [-0.1, -0.05) is 19.8 Å². The van der Waals surface area contributed by atoms with Crippen molar-refractivity contribution in [3.05, 3.63) is 18.0 Å². The van der Waals surface area contributed by atoms with E-state index in [0.717, 1.165) is 11.6 Å². The molecule has 1 aliphatic rings. The van der Waals surface area contributed by atoms with Gasteiger partial charge in [-0.25, -0.2) is 0 Å². The lowest BCUT2D eigenvalue weighted by Crippen LogP contribution is -2.23. The Hall–Kier alpha value is -0.830. The number of nitrogens with two attached hydrogens (primary N) is 1. The number of aromatic nitrogens is 2. The monoisotopic (exact) mass is 193 g/mol. The van der Waals surface area contributed by atoms with Crippen molar-refractivity contribution in [3.8, 4) is 0 Å². The van der Waals surface area contributed by atoms with Crippen molar-refractivity contribution in [2.75, 3.05) is 0 Å². The summed E-state index contributed by atoms with van der Waals surface area (Å²) in [5, 5.41) is 4.38. The van der Waals surface area contributed by atoms with E-state index in [2.05, 4.69) is 12.0 Å². The van der Waals surface area contributed by atoms with Gasteiger partial charge in [0.15, 0.2) is 0 Å². The molecule has 1 saturated carbocycles. The molecule has 14 heavy (non-hydrogen) atoms. The van der Waals surface area contributed by atoms with E-state index in [-0.39, 0.29) is 6.04 Å². The van der Waals surface area contributed by atoms with Gasteiger partial charge < -0.3 is 5.73 Å². The highest BCUT2D eigenvalue weighted by Gasteiger charge is 2.30. The Kier molecular flexibility index (Phi) is 2.59. The third-order valence-electron chi connectivity index (χ3n) is 3.46. The number of hydrogen-bond acceptors (Lipinski definition) is 2. The lowest BCUT2D eigenvalue weighted by molar-refractivity contribution is 0.345. The zero-order valence-corrected chi connectivity index (χ0v) is 8.98. The molecular weight excluding hydrogens is 174 g/mol. The van der Waals surface area contributed by atoms with Crippen molar-refractivity contribution >= 4 is 0 Å². The van der Waals surface area contributed by atoms with E-state index in [1.807, 2.05) is 24.0 Å². The summed E-state index contributed by atoms with van der Waals surface area (Å²) in [6, 6.07) is 2.17. The zero-order chi connectivity index (χ0) is 10.1. The molecule has 0 spiro atoms. The number of nitrogens with zero attached hydrogens (tertiary/aromatic N) is 2. The molecule has 1 heterocycles. The van der Waals surface area contributed by atoms with Crippen LogP contribution in [0.2, 0.25) is 0 Å². The zero-order valence-electron chi connectivity index (χ0n) is 8.98. The minimum atomic E-state index is 0.133. The molecule has 1 fully saturated rings. The van der Waals surface area contributed by atoms with Crippen LogP contribution in [-0.2, 0) is 7.05 Å². The van der Waals surface area contributed by atoms with Crippen molar-refractivity contribution in [1.29, 1.82) is 0 Å². The second-order valence-electron chi connectivity index (χ2n) is 4.51. The Bertz CT molecular complexity index is 305. The van der Waals surface area contributed by atoms with Crippen LogP contribution in [0.25, 0.3) is 0 Å². The maximum atomic E-state index is 6.23. The first-order chi connectivity index (χ1) is 6.68. The average Bonchev–Trinajstić information content (AvgIpc) is 2.73. The Labute approximate surface area is 85.3 Å². The SMILES string of the molecule is CC1CCCC1C(N)c1ccn(C)n1. The van der Waals surface area contributed by atoms with Crippen molar-refractivity contribution in [2.24, 2.45) is 24.6 Å². The fourth-order valence-corrected chi connectivity index (χ4v) is 2.54. The molecule has 1 aliphatic carbocycles. The molecule has 0 saturated heterocycles. The van der Waals surface area contributed by atoms with Gasteiger partial charge in [0, 0.05) is 13.2 Å². The molecule has 0 amide bonds. The van der Waals surface area contributed by atoms with Crippen LogP contribution in [0.3, 0.4) is 0 Å². The van der Waals surface area contributed by atoms with Gasteiger partial charge in [-0.3, -0.25) is 4.68 Å². The van der Waals surface area contributed by atoms with Crippen LogP contribution in [-0.4, -0.2) is 9.78 Å². The molecule has 3 atom stereocenters. The normalized spacial score (nSPS) is 29.4.